The maximum atomic E-state index is 12.8. The first kappa shape index (κ1) is 15.9. The van der Waals surface area contributed by atoms with E-state index in [4.69, 9.17) is 6.42 Å². The van der Waals surface area contributed by atoms with Crippen LogP contribution >= 0.6 is 0 Å². The maximum Gasteiger partial charge on any atom is 0.255 e. The van der Waals surface area contributed by atoms with Crippen molar-refractivity contribution in [3.63, 3.8) is 0 Å². The van der Waals surface area contributed by atoms with Crippen molar-refractivity contribution in [1.29, 1.82) is 0 Å². The van der Waals surface area contributed by atoms with E-state index in [9.17, 15) is 4.79 Å². The number of benzene rings is 2. The monoisotopic (exact) mass is 291 g/mol. The highest BCUT2D eigenvalue weighted by Crippen LogP contribution is 2.15. The van der Waals surface area contributed by atoms with Crippen LogP contribution in [0.5, 0.6) is 0 Å². The van der Waals surface area contributed by atoms with Crippen LogP contribution in [0.1, 0.15) is 32.6 Å². The number of rotatable bonds is 4. The molecule has 0 spiro atoms. The molecule has 2 aromatic rings. The third-order valence-electron chi connectivity index (χ3n) is 3.69. The summed E-state index contributed by atoms with van der Waals surface area (Å²) in [7, 11) is 0. The van der Waals surface area contributed by atoms with Gasteiger partial charge in [0, 0.05) is 12.1 Å². The molecule has 0 aliphatic carbocycles. The van der Waals surface area contributed by atoms with E-state index in [1.165, 1.54) is 5.56 Å². The van der Waals surface area contributed by atoms with Crippen LogP contribution in [0.25, 0.3) is 0 Å². The van der Waals surface area contributed by atoms with Crippen LogP contribution in [0.4, 0.5) is 0 Å². The van der Waals surface area contributed by atoms with Gasteiger partial charge in [0.15, 0.2) is 0 Å². The topological polar surface area (TPSA) is 20.3 Å². The zero-order valence-corrected chi connectivity index (χ0v) is 13.4. The van der Waals surface area contributed by atoms with Gasteiger partial charge >= 0.3 is 0 Å². The van der Waals surface area contributed by atoms with Gasteiger partial charge < -0.3 is 4.90 Å². The van der Waals surface area contributed by atoms with Crippen molar-refractivity contribution >= 4 is 5.91 Å². The number of hydrogen-bond donors (Lipinski definition) is 0. The smallest absolute Gasteiger partial charge is 0.255 e. The van der Waals surface area contributed by atoms with Crippen molar-refractivity contribution in [2.45, 2.75) is 27.3 Å². The van der Waals surface area contributed by atoms with Gasteiger partial charge in [-0.25, -0.2) is 0 Å². The van der Waals surface area contributed by atoms with Crippen molar-refractivity contribution in [3.8, 4) is 12.3 Å². The molecule has 2 heteroatoms. The molecule has 0 aliphatic heterocycles. The SMILES string of the molecule is C#CCN(Cc1ccc(C)cc1)C(=O)c1cc(C)ccc1C. The van der Waals surface area contributed by atoms with Gasteiger partial charge in [-0.2, -0.15) is 0 Å². The van der Waals surface area contributed by atoms with Crippen LogP contribution in [0.3, 0.4) is 0 Å². The maximum absolute atomic E-state index is 12.8. The molecule has 2 rings (SSSR count). The molecule has 0 aliphatic rings. The average molecular weight is 291 g/mol. The second kappa shape index (κ2) is 6.95. The molecular formula is C20H21NO. The lowest BCUT2D eigenvalue weighted by Gasteiger charge is -2.22. The Morgan fingerprint density at radius 1 is 1.05 bits per heavy atom. The largest absolute Gasteiger partial charge is 0.323 e. The zero-order chi connectivity index (χ0) is 16.1. The van der Waals surface area contributed by atoms with E-state index in [0.29, 0.717) is 13.1 Å². The molecule has 0 unspecified atom stereocenters. The van der Waals surface area contributed by atoms with E-state index in [-0.39, 0.29) is 5.91 Å². The predicted molar refractivity (Wildman–Crippen MR) is 90.7 cm³/mol. The summed E-state index contributed by atoms with van der Waals surface area (Å²) in [5.41, 5.74) is 5.06. The molecule has 0 bridgehead atoms. The second-order valence-electron chi connectivity index (χ2n) is 5.67. The van der Waals surface area contributed by atoms with E-state index in [0.717, 1.165) is 22.3 Å². The Labute approximate surface area is 132 Å². The molecule has 2 aromatic carbocycles. The molecule has 0 N–H and O–H groups in total. The summed E-state index contributed by atoms with van der Waals surface area (Å²) in [6.07, 6.45) is 5.45. The van der Waals surface area contributed by atoms with E-state index >= 15 is 0 Å². The Hall–Kier alpha value is -2.53. The molecular weight excluding hydrogens is 270 g/mol. The highest BCUT2D eigenvalue weighted by molar-refractivity contribution is 5.96. The molecule has 112 valence electrons. The number of nitrogens with zero attached hydrogens (tertiary/aromatic N) is 1. The fourth-order valence-electron chi connectivity index (χ4n) is 2.36. The number of amides is 1. The normalized spacial score (nSPS) is 10.1. The fourth-order valence-corrected chi connectivity index (χ4v) is 2.36. The van der Waals surface area contributed by atoms with Gasteiger partial charge in [0.05, 0.1) is 6.54 Å². The molecule has 1 amide bonds. The Kier molecular flexibility index (Phi) is 5.01. The van der Waals surface area contributed by atoms with Crippen molar-refractivity contribution < 1.29 is 4.79 Å². The summed E-state index contributed by atoms with van der Waals surface area (Å²) in [6.45, 7) is 6.81. The van der Waals surface area contributed by atoms with Crippen LogP contribution in [-0.4, -0.2) is 17.4 Å². The number of carbonyl (C=O) groups excluding carboxylic acids is 1. The van der Waals surface area contributed by atoms with Crippen LogP contribution < -0.4 is 0 Å². The number of aryl methyl sites for hydroxylation is 3. The van der Waals surface area contributed by atoms with Gasteiger partial charge in [-0.3, -0.25) is 4.79 Å². The van der Waals surface area contributed by atoms with Gasteiger partial charge in [-0.15, -0.1) is 6.42 Å². The minimum absolute atomic E-state index is 0.0141. The standard InChI is InChI=1S/C20H21NO/c1-5-12-21(14-18-10-7-15(2)8-11-18)20(22)19-13-16(3)6-9-17(19)4/h1,6-11,13H,12,14H2,2-4H3. The molecule has 0 radical (unpaired) electrons. The number of terminal acetylenes is 1. The van der Waals surface area contributed by atoms with Crippen LogP contribution in [-0.2, 0) is 6.54 Å². The molecule has 0 heterocycles. The first-order valence-electron chi connectivity index (χ1n) is 7.37. The molecule has 2 nitrogen and oxygen atoms in total. The molecule has 22 heavy (non-hydrogen) atoms. The Morgan fingerprint density at radius 3 is 2.32 bits per heavy atom. The first-order chi connectivity index (χ1) is 10.5. The van der Waals surface area contributed by atoms with Crippen LogP contribution in [0, 0.1) is 33.1 Å². The second-order valence-corrected chi connectivity index (χ2v) is 5.67. The highest BCUT2D eigenvalue weighted by Gasteiger charge is 2.17. The lowest BCUT2D eigenvalue weighted by molar-refractivity contribution is 0.0765. The predicted octanol–water partition coefficient (Wildman–Crippen LogP) is 3.89. The Bertz CT molecular complexity index is 707. The van der Waals surface area contributed by atoms with Gasteiger partial charge in [0.1, 0.15) is 0 Å². The van der Waals surface area contributed by atoms with Crippen molar-refractivity contribution in [3.05, 3.63) is 70.3 Å². The molecule has 0 fully saturated rings. The van der Waals surface area contributed by atoms with Crippen molar-refractivity contribution in [2.24, 2.45) is 0 Å². The summed E-state index contributed by atoms with van der Waals surface area (Å²) in [5.74, 6) is 2.58. The molecule has 0 saturated carbocycles. The van der Waals surface area contributed by atoms with E-state index in [1.54, 1.807) is 4.90 Å². The number of hydrogen-bond acceptors (Lipinski definition) is 1. The van der Waals surface area contributed by atoms with E-state index in [1.807, 2.05) is 63.2 Å². The summed E-state index contributed by atoms with van der Waals surface area (Å²) in [6, 6.07) is 14.1. The minimum Gasteiger partial charge on any atom is -0.323 e. The van der Waals surface area contributed by atoms with Gasteiger partial charge in [-0.1, -0.05) is 53.4 Å². The third-order valence-corrected chi connectivity index (χ3v) is 3.69. The van der Waals surface area contributed by atoms with Gasteiger partial charge in [0.25, 0.3) is 5.91 Å². The lowest BCUT2D eigenvalue weighted by atomic mass is 10.0. The van der Waals surface area contributed by atoms with Gasteiger partial charge in [0.2, 0.25) is 0 Å². The van der Waals surface area contributed by atoms with Crippen molar-refractivity contribution in [2.75, 3.05) is 6.54 Å². The lowest BCUT2D eigenvalue weighted by Crippen LogP contribution is -2.31. The summed E-state index contributed by atoms with van der Waals surface area (Å²) in [4.78, 5) is 14.5. The average Bonchev–Trinajstić information content (AvgIpc) is 2.50. The quantitative estimate of drug-likeness (QED) is 0.783. The summed E-state index contributed by atoms with van der Waals surface area (Å²) in [5, 5.41) is 0. The van der Waals surface area contributed by atoms with E-state index < -0.39 is 0 Å². The zero-order valence-electron chi connectivity index (χ0n) is 13.4. The summed E-state index contributed by atoms with van der Waals surface area (Å²) < 4.78 is 0. The first-order valence-corrected chi connectivity index (χ1v) is 7.37. The van der Waals surface area contributed by atoms with Crippen LogP contribution in [0.15, 0.2) is 42.5 Å². The summed E-state index contributed by atoms with van der Waals surface area (Å²) >= 11 is 0. The van der Waals surface area contributed by atoms with Gasteiger partial charge in [-0.05, 0) is 38.0 Å². The third kappa shape index (κ3) is 3.77. The Balaban J connectivity index is 2.27. The molecule has 0 aromatic heterocycles. The molecule has 0 atom stereocenters. The fraction of sp³-hybridized carbons (Fsp3) is 0.250. The van der Waals surface area contributed by atoms with Crippen molar-refractivity contribution in [1.82, 2.24) is 4.90 Å². The minimum atomic E-state index is -0.0141. The van der Waals surface area contributed by atoms with Crippen LogP contribution in [0.2, 0.25) is 0 Å². The van der Waals surface area contributed by atoms with E-state index in [2.05, 4.69) is 5.92 Å². The Morgan fingerprint density at radius 2 is 1.68 bits per heavy atom. The number of carbonyl (C=O) groups is 1. The molecule has 0 saturated heterocycles. The highest BCUT2D eigenvalue weighted by atomic mass is 16.2.